The van der Waals surface area contributed by atoms with Gasteiger partial charge in [-0.3, -0.25) is 19.2 Å². The lowest BCUT2D eigenvalue weighted by Crippen LogP contribution is -2.29. The minimum Gasteiger partial charge on any atom is -0.460 e. The Bertz CT molecular complexity index is 1680. The fourth-order valence-electron chi connectivity index (χ4n) is 4.29. The number of carbonyl (C=O) groups is 3. The summed E-state index contributed by atoms with van der Waals surface area (Å²) in [7, 11) is 0. The standard InChI is InChI=1S/C31H32ClN5O5/c1-18-33-17-21-15-22(30(41)37-27(21)34-18)29(40)36-25-16-20(13-14-23(25)32)28(39)35-24(19-9-6-5-7-10-19)11-8-12-26(38)42-31(2,3)4/h5-7,9-10,13-17,24H,8,11-12H2,1-4H3,(H,35,39)(H,36,40)(H,33,34,37,41). The first-order valence-corrected chi connectivity index (χ1v) is 13.8. The molecule has 1 unspecified atom stereocenters. The monoisotopic (exact) mass is 589 g/mol. The first-order valence-electron chi connectivity index (χ1n) is 13.4. The third kappa shape index (κ3) is 8.01. The average Bonchev–Trinajstić information content (AvgIpc) is 2.92. The largest absolute Gasteiger partial charge is 0.460 e. The minimum absolute atomic E-state index is 0.157. The van der Waals surface area contributed by atoms with E-state index in [4.69, 9.17) is 16.3 Å². The molecular weight excluding hydrogens is 558 g/mol. The molecule has 42 heavy (non-hydrogen) atoms. The average molecular weight is 590 g/mol. The highest BCUT2D eigenvalue weighted by atomic mass is 35.5. The lowest BCUT2D eigenvalue weighted by atomic mass is 10.00. The highest BCUT2D eigenvalue weighted by Crippen LogP contribution is 2.26. The molecule has 0 fully saturated rings. The second-order valence-electron chi connectivity index (χ2n) is 10.8. The fourth-order valence-corrected chi connectivity index (χ4v) is 4.46. The zero-order valence-corrected chi connectivity index (χ0v) is 24.5. The second-order valence-corrected chi connectivity index (χ2v) is 11.2. The molecule has 3 N–H and O–H groups in total. The first kappa shape index (κ1) is 30.4. The highest BCUT2D eigenvalue weighted by Gasteiger charge is 2.21. The van der Waals surface area contributed by atoms with Gasteiger partial charge in [-0.15, -0.1) is 0 Å². The number of aryl methyl sites for hydroxylation is 1. The number of hydrogen-bond donors (Lipinski definition) is 3. The number of ether oxygens (including phenoxy) is 1. The van der Waals surface area contributed by atoms with Gasteiger partial charge in [0.1, 0.15) is 22.6 Å². The topological polar surface area (TPSA) is 143 Å². The van der Waals surface area contributed by atoms with Gasteiger partial charge < -0.3 is 20.4 Å². The minimum atomic E-state index is -0.706. The smallest absolute Gasteiger partial charge is 0.306 e. The molecule has 0 aliphatic rings. The van der Waals surface area contributed by atoms with E-state index in [2.05, 4.69) is 25.6 Å². The Labute approximate surface area is 247 Å². The number of anilines is 1. The molecule has 0 saturated heterocycles. The number of fused-ring (bicyclic) bond motifs is 1. The number of halogens is 1. The second kappa shape index (κ2) is 12.9. The molecule has 0 bridgehead atoms. The predicted octanol–water partition coefficient (Wildman–Crippen LogP) is 5.52. The number of nitrogens with one attached hydrogen (secondary N) is 3. The van der Waals surface area contributed by atoms with Crippen molar-refractivity contribution >= 4 is 46.1 Å². The van der Waals surface area contributed by atoms with Crippen LogP contribution in [-0.4, -0.2) is 38.3 Å². The van der Waals surface area contributed by atoms with Crippen LogP contribution in [0.5, 0.6) is 0 Å². The van der Waals surface area contributed by atoms with Gasteiger partial charge in [0.05, 0.1) is 16.8 Å². The molecule has 0 aliphatic carbocycles. The summed E-state index contributed by atoms with van der Waals surface area (Å²) in [6.07, 6.45) is 2.73. The molecule has 1 atom stereocenters. The Kier molecular flexibility index (Phi) is 9.37. The summed E-state index contributed by atoms with van der Waals surface area (Å²) in [4.78, 5) is 62.0. The van der Waals surface area contributed by atoms with Crippen LogP contribution in [0, 0.1) is 6.92 Å². The number of aromatic nitrogens is 3. The maximum atomic E-state index is 13.3. The van der Waals surface area contributed by atoms with Gasteiger partial charge in [0.2, 0.25) is 0 Å². The van der Waals surface area contributed by atoms with E-state index in [0.717, 1.165) is 5.56 Å². The Hall–Kier alpha value is -4.57. The predicted molar refractivity (Wildman–Crippen MR) is 161 cm³/mol. The van der Waals surface area contributed by atoms with Crippen LogP contribution in [0.25, 0.3) is 11.0 Å². The molecular formula is C31H32ClN5O5. The molecule has 11 heteroatoms. The number of amides is 2. The molecule has 0 saturated carbocycles. The number of carbonyl (C=O) groups excluding carboxylic acids is 3. The van der Waals surface area contributed by atoms with E-state index >= 15 is 0 Å². The number of pyridine rings is 1. The lowest BCUT2D eigenvalue weighted by Gasteiger charge is -2.21. The van der Waals surface area contributed by atoms with E-state index in [1.807, 2.05) is 51.1 Å². The summed E-state index contributed by atoms with van der Waals surface area (Å²) in [5.41, 5.74) is 0.262. The summed E-state index contributed by atoms with van der Waals surface area (Å²) in [5.74, 6) is -0.923. The van der Waals surface area contributed by atoms with E-state index in [0.29, 0.717) is 29.7 Å². The maximum Gasteiger partial charge on any atom is 0.306 e. The first-order chi connectivity index (χ1) is 19.9. The molecule has 2 aromatic heterocycles. The molecule has 0 radical (unpaired) electrons. The number of hydrogen-bond acceptors (Lipinski definition) is 7. The molecule has 2 amide bonds. The van der Waals surface area contributed by atoms with E-state index in [1.165, 1.54) is 24.4 Å². The van der Waals surface area contributed by atoms with Gasteiger partial charge in [0.25, 0.3) is 17.4 Å². The van der Waals surface area contributed by atoms with Crippen LogP contribution in [0.2, 0.25) is 5.02 Å². The highest BCUT2D eigenvalue weighted by molar-refractivity contribution is 6.34. The number of aromatic amines is 1. The van der Waals surface area contributed by atoms with Crippen molar-refractivity contribution in [2.45, 2.75) is 58.6 Å². The van der Waals surface area contributed by atoms with E-state index in [1.54, 1.807) is 13.0 Å². The Morgan fingerprint density at radius 2 is 1.79 bits per heavy atom. The van der Waals surface area contributed by atoms with Gasteiger partial charge in [0, 0.05) is 23.6 Å². The van der Waals surface area contributed by atoms with Crippen molar-refractivity contribution in [3.8, 4) is 0 Å². The van der Waals surface area contributed by atoms with Crippen molar-refractivity contribution in [3.05, 3.63) is 98.7 Å². The lowest BCUT2D eigenvalue weighted by molar-refractivity contribution is -0.154. The molecule has 4 aromatic rings. The van der Waals surface area contributed by atoms with Gasteiger partial charge in [-0.1, -0.05) is 41.9 Å². The SMILES string of the molecule is Cc1ncc2cc(C(=O)Nc3cc(C(=O)NC(CCCC(=O)OC(C)(C)C)c4ccccc4)ccc3Cl)c(=O)[nH]c2n1. The van der Waals surface area contributed by atoms with Gasteiger partial charge in [0.15, 0.2) is 0 Å². The van der Waals surface area contributed by atoms with Crippen molar-refractivity contribution in [2.24, 2.45) is 0 Å². The van der Waals surface area contributed by atoms with Crippen molar-refractivity contribution in [1.29, 1.82) is 0 Å². The van der Waals surface area contributed by atoms with Crippen molar-refractivity contribution < 1.29 is 19.1 Å². The van der Waals surface area contributed by atoms with Crippen molar-refractivity contribution in [1.82, 2.24) is 20.3 Å². The van der Waals surface area contributed by atoms with Crippen LogP contribution in [0.15, 0.2) is 65.6 Å². The summed E-state index contributed by atoms with van der Waals surface area (Å²) in [6.45, 7) is 7.14. The number of benzene rings is 2. The number of rotatable bonds is 9. The van der Waals surface area contributed by atoms with Crippen LogP contribution in [0.1, 0.15) is 78.2 Å². The molecule has 2 heterocycles. The zero-order chi connectivity index (χ0) is 30.4. The quantitative estimate of drug-likeness (QED) is 0.218. The number of esters is 1. The molecule has 2 aromatic carbocycles. The summed E-state index contributed by atoms with van der Waals surface area (Å²) in [5, 5.41) is 6.32. The zero-order valence-electron chi connectivity index (χ0n) is 23.8. The molecule has 218 valence electrons. The molecule has 0 aliphatic heterocycles. The number of H-pyrrole nitrogens is 1. The summed E-state index contributed by atoms with van der Waals surface area (Å²) < 4.78 is 5.40. The van der Waals surface area contributed by atoms with Crippen LogP contribution < -0.4 is 16.2 Å². The van der Waals surface area contributed by atoms with Gasteiger partial charge >= 0.3 is 5.97 Å². The van der Waals surface area contributed by atoms with Crippen molar-refractivity contribution in [2.75, 3.05) is 5.32 Å². The van der Waals surface area contributed by atoms with Crippen molar-refractivity contribution in [3.63, 3.8) is 0 Å². The molecule has 0 spiro atoms. The van der Waals surface area contributed by atoms with E-state index in [-0.39, 0.29) is 40.3 Å². The summed E-state index contributed by atoms with van der Waals surface area (Å²) >= 11 is 6.33. The van der Waals surface area contributed by atoms with Gasteiger partial charge in [-0.05, 0) is 70.4 Å². The van der Waals surface area contributed by atoms with E-state index < -0.39 is 23.0 Å². The number of nitrogens with zero attached hydrogens (tertiary/aromatic N) is 2. The van der Waals surface area contributed by atoms with Gasteiger partial charge in [-0.25, -0.2) is 9.97 Å². The fraction of sp³-hybridized carbons (Fsp3) is 0.290. The third-order valence-corrected chi connectivity index (χ3v) is 6.57. The van der Waals surface area contributed by atoms with Crippen LogP contribution in [-0.2, 0) is 9.53 Å². The summed E-state index contributed by atoms with van der Waals surface area (Å²) in [6, 6.07) is 14.9. The van der Waals surface area contributed by atoms with Crippen LogP contribution >= 0.6 is 11.6 Å². The Balaban J connectivity index is 1.49. The van der Waals surface area contributed by atoms with E-state index in [9.17, 15) is 19.2 Å². The maximum absolute atomic E-state index is 13.3. The third-order valence-electron chi connectivity index (χ3n) is 6.24. The Morgan fingerprint density at radius 3 is 2.50 bits per heavy atom. The molecule has 10 nitrogen and oxygen atoms in total. The van der Waals surface area contributed by atoms with Crippen LogP contribution in [0.4, 0.5) is 5.69 Å². The Morgan fingerprint density at radius 1 is 1.05 bits per heavy atom. The van der Waals surface area contributed by atoms with Gasteiger partial charge in [-0.2, -0.15) is 0 Å². The van der Waals surface area contributed by atoms with Crippen LogP contribution in [0.3, 0.4) is 0 Å². The normalized spacial score (nSPS) is 12.0. The molecule has 4 rings (SSSR count).